The molecule has 118 valence electrons. The molecule has 0 radical (unpaired) electrons. The maximum atomic E-state index is 9.52. The van der Waals surface area contributed by atoms with Gasteiger partial charge in [0.05, 0.1) is 0 Å². The molecule has 2 rings (SSSR count). The number of phenolic OH excluding ortho intramolecular Hbond substituents is 3. The maximum absolute atomic E-state index is 9.52. The molecule has 0 fully saturated rings. The normalized spacial score (nSPS) is 13.7. The van der Waals surface area contributed by atoms with Crippen molar-refractivity contribution >= 4 is 0 Å². The quantitative estimate of drug-likeness (QED) is 0.619. The van der Waals surface area contributed by atoms with E-state index in [4.69, 9.17) is 0 Å². The van der Waals surface area contributed by atoms with E-state index in [1.807, 2.05) is 18.2 Å². The Morgan fingerprint density at radius 3 is 2.05 bits per heavy atom. The van der Waals surface area contributed by atoms with Crippen LogP contribution in [0.1, 0.15) is 25.0 Å². The van der Waals surface area contributed by atoms with Crippen molar-refractivity contribution in [3.63, 3.8) is 0 Å². The minimum atomic E-state index is -0.0957. The highest BCUT2D eigenvalue weighted by Crippen LogP contribution is 2.25. The molecule has 22 heavy (non-hydrogen) atoms. The molecule has 0 saturated heterocycles. The molecule has 2 aromatic rings. The molecule has 2 atom stereocenters. The first-order valence-corrected chi connectivity index (χ1v) is 7.49. The summed E-state index contributed by atoms with van der Waals surface area (Å²) >= 11 is 0. The third kappa shape index (κ3) is 4.67. The van der Waals surface area contributed by atoms with Crippen molar-refractivity contribution in [3.8, 4) is 17.2 Å². The Morgan fingerprint density at radius 1 is 0.818 bits per heavy atom. The summed E-state index contributed by atoms with van der Waals surface area (Å²) in [6.45, 7) is 4.19. The number of rotatable bonds is 6. The Morgan fingerprint density at radius 2 is 1.45 bits per heavy atom. The zero-order valence-corrected chi connectivity index (χ0v) is 13.0. The molecule has 0 aromatic heterocycles. The van der Waals surface area contributed by atoms with Crippen molar-refractivity contribution in [1.82, 2.24) is 5.32 Å². The third-order valence-corrected chi connectivity index (χ3v) is 3.60. The number of phenols is 3. The van der Waals surface area contributed by atoms with Gasteiger partial charge in [-0.25, -0.2) is 0 Å². The van der Waals surface area contributed by atoms with E-state index >= 15 is 0 Å². The Bertz CT molecular complexity index is 627. The fourth-order valence-corrected chi connectivity index (χ4v) is 2.69. The zero-order valence-electron chi connectivity index (χ0n) is 13.0. The number of nitrogens with one attached hydrogen (secondary N) is 1. The number of hydrogen-bond donors (Lipinski definition) is 4. The van der Waals surface area contributed by atoms with Gasteiger partial charge in [0.25, 0.3) is 0 Å². The van der Waals surface area contributed by atoms with Gasteiger partial charge in [0.1, 0.15) is 5.75 Å². The van der Waals surface area contributed by atoms with Gasteiger partial charge in [0.15, 0.2) is 11.5 Å². The van der Waals surface area contributed by atoms with Crippen LogP contribution in [0.3, 0.4) is 0 Å². The Kier molecular flexibility index (Phi) is 5.28. The van der Waals surface area contributed by atoms with Crippen LogP contribution in [0.5, 0.6) is 17.2 Å². The molecule has 2 aromatic carbocycles. The lowest BCUT2D eigenvalue weighted by Gasteiger charge is -2.20. The first-order chi connectivity index (χ1) is 10.4. The maximum Gasteiger partial charge on any atom is 0.157 e. The van der Waals surface area contributed by atoms with Gasteiger partial charge in [0, 0.05) is 12.1 Å². The first kappa shape index (κ1) is 16.2. The zero-order chi connectivity index (χ0) is 16.1. The average Bonchev–Trinajstić information content (AvgIpc) is 2.42. The minimum absolute atomic E-state index is 0.0856. The molecule has 0 bridgehead atoms. The van der Waals surface area contributed by atoms with E-state index in [1.165, 1.54) is 6.07 Å². The third-order valence-electron chi connectivity index (χ3n) is 3.60. The van der Waals surface area contributed by atoms with Crippen molar-refractivity contribution in [2.24, 2.45) is 0 Å². The van der Waals surface area contributed by atoms with Gasteiger partial charge in [-0.1, -0.05) is 18.2 Å². The molecule has 2 unspecified atom stereocenters. The fourth-order valence-electron chi connectivity index (χ4n) is 2.69. The second kappa shape index (κ2) is 7.18. The summed E-state index contributed by atoms with van der Waals surface area (Å²) in [5, 5.41) is 31.8. The monoisotopic (exact) mass is 301 g/mol. The molecule has 0 aliphatic carbocycles. The summed E-state index contributed by atoms with van der Waals surface area (Å²) in [5.74, 6) is 0.108. The van der Waals surface area contributed by atoms with Crippen LogP contribution in [0.4, 0.5) is 0 Å². The van der Waals surface area contributed by atoms with E-state index in [0.29, 0.717) is 0 Å². The average molecular weight is 301 g/mol. The van der Waals surface area contributed by atoms with Crippen molar-refractivity contribution in [1.29, 1.82) is 0 Å². The molecular weight excluding hydrogens is 278 g/mol. The molecule has 0 aliphatic rings. The van der Waals surface area contributed by atoms with Crippen LogP contribution in [-0.4, -0.2) is 27.4 Å². The molecule has 4 heteroatoms. The summed E-state index contributed by atoms with van der Waals surface area (Å²) in [6, 6.07) is 12.7. The van der Waals surface area contributed by atoms with Crippen molar-refractivity contribution in [3.05, 3.63) is 53.6 Å². The van der Waals surface area contributed by atoms with Crippen molar-refractivity contribution in [2.45, 2.75) is 38.8 Å². The second-order valence-corrected chi connectivity index (χ2v) is 5.87. The lowest BCUT2D eigenvalue weighted by atomic mass is 10.0. The summed E-state index contributed by atoms with van der Waals surface area (Å²) in [7, 11) is 0. The summed E-state index contributed by atoms with van der Waals surface area (Å²) in [6.07, 6.45) is 1.60. The Labute approximate surface area is 131 Å². The number of benzene rings is 2. The van der Waals surface area contributed by atoms with E-state index in [1.54, 1.807) is 18.2 Å². The molecule has 0 amide bonds. The van der Waals surface area contributed by atoms with Crippen LogP contribution in [-0.2, 0) is 12.8 Å². The lowest BCUT2D eigenvalue weighted by molar-refractivity contribution is 0.402. The van der Waals surface area contributed by atoms with Crippen LogP contribution >= 0.6 is 0 Å². The van der Waals surface area contributed by atoms with Gasteiger partial charge in [-0.15, -0.1) is 0 Å². The summed E-state index contributed by atoms with van der Waals surface area (Å²) in [4.78, 5) is 0. The van der Waals surface area contributed by atoms with Gasteiger partial charge in [-0.3, -0.25) is 0 Å². The molecule has 0 spiro atoms. The molecule has 4 nitrogen and oxygen atoms in total. The van der Waals surface area contributed by atoms with E-state index in [-0.39, 0.29) is 29.3 Å². The van der Waals surface area contributed by atoms with Crippen molar-refractivity contribution < 1.29 is 15.3 Å². The fraction of sp³-hybridized carbons (Fsp3) is 0.333. The molecule has 0 saturated carbocycles. The van der Waals surface area contributed by atoms with E-state index in [2.05, 4.69) is 19.2 Å². The summed E-state index contributed by atoms with van der Waals surface area (Å²) < 4.78 is 0. The Balaban J connectivity index is 1.88. The molecule has 4 N–H and O–H groups in total. The number of hydrogen-bond acceptors (Lipinski definition) is 4. The summed E-state index contributed by atoms with van der Waals surface area (Å²) in [5.41, 5.74) is 2.06. The lowest BCUT2D eigenvalue weighted by Crippen LogP contribution is -2.37. The van der Waals surface area contributed by atoms with Gasteiger partial charge in [0.2, 0.25) is 0 Å². The predicted molar refractivity (Wildman–Crippen MR) is 87.3 cm³/mol. The largest absolute Gasteiger partial charge is 0.508 e. The SMILES string of the molecule is CC(Cc1cccc(O)c1)NC(C)Cc1ccc(O)c(O)c1. The standard InChI is InChI=1S/C18H23NO3/c1-12(8-14-4-3-5-16(20)10-14)19-13(2)9-15-6-7-17(21)18(22)11-15/h3-7,10-13,19-22H,8-9H2,1-2H3. The van der Waals surface area contributed by atoms with Gasteiger partial charge in [-0.2, -0.15) is 0 Å². The molecule has 0 heterocycles. The van der Waals surface area contributed by atoms with E-state index < -0.39 is 0 Å². The van der Waals surface area contributed by atoms with Crippen LogP contribution in [0, 0.1) is 0 Å². The highest BCUT2D eigenvalue weighted by molar-refractivity contribution is 5.40. The topological polar surface area (TPSA) is 72.7 Å². The number of aromatic hydroxyl groups is 3. The van der Waals surface area contributed by atoms with E-state index in [9.17, 15) is 15.3 Å². The first-order valence-electron chi connectivity index (χ1n) is 7.49. The molecular formula is C18H23NO3. The van der Waals surface area contributed by atoms with Crippen LogP contribution < -0.4 is 5.32 Å². The highest BCUT2D eigenvalue weighted by atomic mass is 16.3. The van der Waals surface area contributed by atoms with Crippen LogP contribution in [0.25, 0.3) is 0 Å². The minimum Gasteiger partial charge on any atom is -0.508 e. The van der Waals surface area contributed by atoms with Gasteiger partial charge >= 0.3 is 0 Å². The van der Waals surface area contributed by atoms with Gasteiger partial charge in [-0.05, 0) is 62.1 Å². The molecule has 0 aliphatic heterocycles. The van der Waals surface area contributed by atoms with Gasteiger partial charge < -0.3 is 20.6 Å². The smallest absolute Gasteiger partial charge is 0.157 e. The predicted octanol–water partition coefficient (Wildman–Crippen LogP) is 2.96. The van der Waals surface area contributed by atoms with E-state index in [0.717, 1.165) is 24.0 Å². The van der Waals surface area contributed by atoms with Crippen LogP contribution in [0.2, 0.25) is 0 Å². The van der Waals surface area contributed by atoms with Crippen molar-refractivity contribution in [2.75, 3.05) is 0 Å². The second-order valence-electron chi connectivity index (χ2n) is 5.87. The highest BCUT2D eigenvalue weighted by Gasteiger charge is 2.10. The Hall–Kier alpha value is -2.20. The van der Waals surface area contributed by atoms with Crippen LogP contribution in [0.15, 0.2) is 42.5 Å².